The first-order valence-corrected chi connectivity index (χ1v) is 11.8. The molecule has 1 amide bonds. The van der Waals surface area contributed by atoms with Crippen molar-refractivity contribution in [1.82, 2.24) is 4.57 Å². The zero-order chi connectivity index (χ0) is 23.4. The van der Waals surface area contributed by atoms with Crippen LogP contribution in [0.1, 0.15) is 62.0 Å². The summed E-state index contributed by atoms with van der Waals surface area (Å²) in [5.74, 6) is 0.542. The second-order valence-corrected chi connectivity index (χ2v) is 10.3. The first kappa shape index (κ1) is 21.7. The molecule has 0 spiro atoms. The number of fused-ring (bicyclic) bond motifs is 1. The Labute approximate surface area is 195 Å². The molecule has 3 aromatic rings. The van der Waals surface area contributed by atoms with Crippen LogP contribution < -0.4 is 4.90 Å². The molecule has 1 aliphatic carbocycles. The van der Waals surface area contributed by atoms with Gasteiger partial charge in [0.1, 0.15) is 11.2 Å². The number of carbonyl (C=O) groups is 1. The lowest BCUT2D eigenvalue weighted by Crippen LogP contribution is -2.33. The van der Waals surface area contributed by atoms with Crippen molar-refractivity contribution < 1.29 is 9.53 Å². The number of rotatable bonds is 4. The molecule has 1 aliphatic heterocycles. The van der Waals surface area contributed by atoms with E-state index < -0.39 is 5.54 Å². The average molecular weight is 442 g/mol. The van der Waals surface area contributed by atoms with Crippen LogP contribution in [0, 0.1) is 17.2 Å². The Kier molecular flexibility index (Phi) is 5.10. The maximum absolute atomic E-state index is 13.7. The second kappa shape index (κ2) is 7.74. The predicted molar refractivity (Wildman–Crippen MR) is 130 cm³/mol. The van der Waals surface area contributed by atoms with E-state index in [2.05, 4.69) is 45.0 Å². The van der Waals surface area contributed by atoms with Crippen LogP contribution in [-0.4, -0.2) is 29.7 Å². The minimum absolute atomic E-state index is 0.0973. The molecule has 0 N–H and O–H groups in total. The van der Waals surface area contributed by atoms with E-state index in [0.29, 0.717) is 11.6 Å². The number of nitriles is 1. The molecule has 1 saturated heterocycles. The van der Waals surface area contributed by atoms with Crippen LogP contribution in [0.5, 0.6) is 0 Å². The van der Waals surface area contributed by atoms with Gasteiger partial charge in [0.2, 0.25) is 0 Å². The maximum Gasteiger partial charge on any atom is 0.274 e. The molecule has 5 heteroatoms. The Hall–Kier alpha value is -3.10. The predicted octanol–water partition coefficient (Wildman–Crippen LogP) is 5.85. The molecule has 2 aromatic carbocycles. The standard InChI is InChI=1S/C28H31N3O2/c1-19-16-28(19,18-29)31-24-11-10-20(21-12-13-33-27(2,3)17-21)14-22(24)15-25(31)26(32)30(4)23-8-6-5-7-9-23/h5-11,14-15,19,21H,12-13,16-17H2,1-4H3/t19-,21+,28+/m0/s1. The van der Waals surface area contributed by atoms with Crippen LogP contribution in [0.4, 0.5) is 5.69 Å². The van der Waals surface area contributed by atoms with Gasteiger partial charge in [-0.05, 0) is 80.8 Å². The highest BCUT2D eigenvalue weighted by Gasteiger charge is 2.55. The smallest absolute Gasteiger partial charge is 0.274 e. The minimum Gasteiger partial charge on any atom is -0.376 e. The molecule has 2 fully saturated rings. The zero-order valence-electron chi connectivity index (χ0n) is 19.8. The maximum atomic E-state index is 13.7. The molecule has 0 radical (unpaired) electrons. The molecule has 1 aromatic heterocycles. The van der Waals surface area contributed by atoms with Gasteiger partial charge in [-0.25, -0.2) is 0 Å². The number of anilines is 1. The lowest BCUT2D eigenvalue weighted by Gasteiger charge is -2.35. The van der Waals surface area contributed by atoms with E-state index in [4.69, 9.17) is 4.74 Å². The molecule has 3 atom stereocenters. The molecule has 0 unspecified atom stereocenters. The van der Waals surface area contributed by atoms with Gasteiger partial charge in [-0.3, -0.25) is 4.79 Å². The highest BCUT2D eigenvalue weighted by atomic mass is 16.5. The molecular formula is C28H31N3O2. The Morgan fingerprint density at radius 2 is 1.88 bits per heavy atom. The van der Waals surface area contributed by atoms with E-state index in [-0.39, 0.29) is 17.4 Å². The summed E-state index contributed by atoms with van der Waals surface area (Å²) in [7, 11) is 1.80. The number of para-hydroxylation sites is 1. The van der Waals surface area contributed by atoms with Crippen molar-refractivity contribution in [3.05, 3.63) is 65.9 Å². The number of ether oxygens (including phenoxy) is 1. The number of aromatic nitrogens is 1. The number of hydrogen-bond acceptors (Lipinski definition) is 3. The molecule has 33 heavy (non-hydrogen) atoms. The van der Waals surface area contributed by atoms with Crippen molar-refractivity contribution >= 4 is 22.5 Å². The Balaban J connectivity index is 1.61. The summed E-state index contributed by atoms with van der Waals surface area (Å²) in [5.41, 5.74) is 2.86. The van der Waals surface area contributed by atoms with E-state index in [1.165, 1.54) is 5.56 Å². The largest absolute Gasteiger partial charge is 0.376 e. The van der Waals surface area contributed by atoms with Crippen molar-refractivity contribution in [2.45, 2.75) is 57.1 Å². The van der Waals surface area contributed by atoms with Gasteiger partial charge in [0, 0.05) is 24.7 Å². The summed E-state index contributed by atoms with van der Waals surface area (Å²) in [6.07, 6.45) is 2.73. The third-order valence-corrected chi connectivity index (χ3v) is 7.53. The number of nitrogens with zero attached hydrogens (tertiary/aromatic N) is 3. The summed E-state index contributed by atoms with van der Waals surface area (Å²) in [5, 5.41) is 11.1. The lowest BCUT2D eigenvalue weighted by atomic mass is 9.83. The number of amides is 1. The SMILES string of the molecule is C[C@H]1C[C@]1(C#N)n1c(C(=O)N(C)c2ccccc2)cc2cc([C@@H]3CCOC(C)(C)C3)ccc21. The molecule has 5 rings (SSSR count). The Morgan fingerprint density at radius 1 is 1.15 bits per heavy atom. The molecule has 0 bridgehead atoms. The van der Waals surface area contributed by atoms with Crippen molar-refractivity contribution in [2.75, 3.05) is 18.6 Å². The average Bonchev–Trinajstić information content (AvgIpc) is 3.32. The van der Waals surface area contributed by atoms with Gasteiger partial charge in [0.25, 0.3) is 5.91 Å². The fourth-order valence-corrected chi connectivity index (χ4v) is 5.46. The van der Waals surface area contributed by atoms with Gasteiger partial charge in [0.15, 0.2) is 0 Å². The number of hydrogen-bond donors (Lipinski definition) is 0. The first-order chi connectivity index (χ1) is 15.8. The van der Waals surface area contributed by atoms with E-state index >= 15 is 0 Å². The third-order valence-electron chi connectivity index (χ3n) is 7.53. The summed E-state index contributed by atoms with van der Waals surface area (Å²) in [6.45, 7) is 7.14. The topological polar surface area (TPSA) is 58.3 Å². The summed E-state index contributed by atoms with van der Waals surface area (Å²) in [4.78, 5) is 15.4. The van der Waals surface area contributed by atoms with E-state index in [1.807, 2.05) is 41.0 Å². The fourth-order valence-electron chi connectivity index (χ4n) is 5.46. The monoisotopic (exact) mass is 441 g/mol. The van der Waals surface area contributed by atoms with Gasteiger partial charge < -0.3 is 14.2 Å². The quantitative estimate of drug-likeness (QED) is 0.510. The molecule has 1 saturated carbocycles. The van der Waals surface area contributed by atoms with E-state index in [9.17, 15) is 10.1 Å². The molecule has 2 heterocycles. The third kappa shape index (κ3) is 3.63. The van der Waals surface area contributed by atoms with Gasteiger partial charge in [0.05, 0.1) is 17.2 Å². The molecular weight excluding hydrogens is 410 g/mol. The number of benzene rings is 2. The van der Waals surface area contributed by atoms with E-state index in [0.717, 1.165) is 42.5 Å². The highest BCUT2D eigenvalue weighted by Crippen LogP contribution is 2.52. The first-order valence-electron chi connectivity index (χ1n) is 11.8. The summed E-state index contributed by atoms with van der Waals surface area (Å²) in [6, 6.07) is 20.7. The van der Waals surface area contributed by atoms with Gasteiger partial charge in [-0.1, -0.05) is 31.2 Å². The minimum atomic E-state index is -0.660. The summed E-state index contributed by atoms with van der Waals surface area (Å²) >= 11 is 0. The molecule has 170 valence electrons. The fraction of sp³-hybridized carbons (Fsp3) is 0.429. The highest BCUT2D eigenvalue weighted by molar-refractivity contribution is 6.08. The van der Waals surface area contributed by atoms with Crippen LogP contribution in [0.2, 0.25) is 0 Å². The Morgan fingerprint density at radius 3 is 2.52 bits per heavy atom. The van der Waals surface area contributed by atoms with Gasteiger partial charge >= 0.3 is 0 Å². The van der Waals surface area contributed by atoms with Crippen molar-refractivity contribution in [3.63, 3.8) is 0 Å². The van der Waals surface area contributed by atoms with Crippen LogP contribution in [0.3, 0.4) is 0 Å². The van der Waals surface area contributed by atoms with E-state index in [1.54, 1.807) is 11.9 Å². The summed E-state index contributed by atoms with van der Waals surface area (Å²) < 4.78 is 7.92. The van der Waals surface area contributed by atoms with Crippen LogP contribution >= 0.6 is 0 Å². The van der Waals surface area contributed by atoms with Crippen LogP contribution in [0.25, 0.3) is 10.9 Å². The van der Waals surface area contributed by atoms with Gasteiger partial charge in [-0.2, -0.15) is 5.26 Å². The Bertz CT molecular complexity index is 1250. The second-order valence-electron chi connectivity index (χ2n) is 10.3. The van der Waals surface area contributed by atoms with Crippen molar-refractivity contribution in [2.24, 2.45) is 5.92 Å². The lowest BCUT2D eigenvalue weighted by molar-refractivity contribution is -0.0592. The van der Waals surface area contributed by atoms with Gasteiger partial charge in [-0.15, -0.1) is 0 Å². The van der Waals surface area contributed by atoms with Crippen LogP contribution in [0.15, 0.2) is 54.6 Å². The van der Waals surface area contributed by atoms with Crippen molar-refractivity contribution in [3.8, 4) is 6.07 Å². The molecule has 2 aliphatic rings. The molecule has 5 nitrogen and oxygen atoms in total. The van der Waals surface area contributed by atoms with Crippen molar-refractivity contribution in [1.29, 1.82) is 5.26 Å². The van der Waals surface area contributed by atoms with Crippen LogP contribution in [-0.2, 0) is 10.3 Å². The normalized spacial score (nSPS) is 26.0. The number of carbonyl (C=O) groups excluding carboxylic acids is 1. The zero-order valence-corrected chi connectivity index (χ0v) is 19.8.